The van der Waals surface area contributed by atoms with Gasteiger partial charge >= 0.3 is 6.03 Å². The molecule has 1 N–H and O–H groups in total. The number of amides is 4. The molecule has 0 radical (unpaired) electrons. The molecule has 2 aliphatic heterocycles. The van der Waals surface area contributed by atoms with Crippen LogP contribution >= 0.6 is 11.6 Å². The summed E-state index contributed by atoms with van der Waals surface area (Å²) >= 11 is 6.42. The third-order valence-corrected chi connectivity index (χ3v) is 6.13. The number of fused-ring (bicyclic) bond motifs is 1. The Bertz CT molecular complexity index is 1070. The van der Waals surface area contributed by atoms with E-state index in [-0.39, 0.29) is 38.0 Å². The Morgan fingerprint density at radius 3 is 2.68 bits per heavy atom. The molecule has 1 aromatic heterocycles. The molecule has 2 aliphatic rings. The lowest BCUT2D eigenvalue weighted by Gasteiger charge is -2.55. The molecule has 0 aliphatic carbocycles. The minimum Gasteiger partial charge on any atom is -0.467 e. The molecule has 10 heteroatoms. The highest BCUT2D eigenvalue weighted by atomic mass is 35.5. The van der Waals surface area contributed by atoms with Crippen LogP contribution in [0.15, 0.2) is 53.1 Å². The van der Waals surface area contributed by atoms with E-state index in [1.165, 1.54) is 21.2 Å². The van der Waals surface area contributed by atoms with Crippen molar-refractivity contribution in [1.29, 1.82) is 0 Å². The maximum absolute atomic E-state index is 13.4. The number of hydrogen-bond donors (Lipinski definition) is 1. The monoisotopic (exact) mass is 483 g/mol. The highest BCUT2D eigenvalue weighted by Crippen LogP contribution is 2.30. The fourth-order valence-corrected chi connectivity index (χ4v) is 4.62. The Kier molecular flexibility index (Phi) is 7.10. The van der Waals surface area contributed by atoms with Crippen LogP contribution in [0.5, 0.6) is 0 Å². The van der Waals surface area contributed by atoms with Crippen molar-refractivity contribution >= 4 is 29.4 Å². The van der Waals surface area contributed by atoms with Crippen LogP contribution < -0.4 is 5.32 Å². The second-order valence-corrected chi connectivity index (χ2v) is 8.91. The van der Waals surface area contributed by atoms with Gasteiger partial charge in [0.2, 0.25) is 11.8 Å². The first-order chi connectivity index (χ1) is 16.4. The molecule has 3 heterocycles. The molecule has 34 heavy (non-hydrogen) atoms. The summed E-state index contributed by atoms with van der Waals surface area (Å²) in [4.78, 5) is 42.9. The normalized spacial score (nSPS) is 21.7. The van der Waals surface area contributed by atoms with Crippen molar-refractivity contribution in [2.24, 2.45) is 0 Å². The van der Waals surface area contributed by atoms with Crippen LogP contribution in [0.2, 0.25) is 0 Å². The summed E-state index contributed by atoms with van der Waals surface area (Å²) in [6.07, 6.45) is 6.30. The van der Waals surface area contributed by atoms with Gasteiger partial charge < -0.3 is 19.5 Å². The maximum Gasteiger partial charge on any atom is 0.334 e. The number of piperazine rings is 1. The average Bonchev–Trinajstić information content (AvgIpc) is 3.32. The van der Waals surface area contributed by atoms with E-state index in [0.717, 1.165) is 5.56 Å². The molecule has 4 amide bonds. The first-order valence-corrected chi connectivity index (χ1v) is 11.4. The third kappa shape index (κ3) is 4.74. The fourth-order valence-electron chi connectivity index (χ4n) is 4.39. The molecule has 3 atom stereocenters. The van der Waals surface area contributed by atoms with Crippen LogP contribution in [0.25, 0.3) is 0 Å². The van der Waals surface area contributed by atoms with Crippen LogP contribution in [0, 0.1) is 12.3 Å². The number of carbonyl (C=O) groups excluding carboxylic acids is 3. The topological polar surface area (TPSA) is 89.3 Å². The lowest BCUT2D eigenvalue weighted by molar-refractivity contribution is -0.189. The number of rotatable bonds is 6. The molecule has 1 aromatic carbocycles. The smallest absolute Gasteiger partial charge is 0.334 e. The van der Waals surface area contributed by atoms with Crippen LogP contribution in [-0.4, -0.2) is 74.9 Å². The number of alkyl halides is 1. The molecular weight excluding hydrogens is 458 g/mol. The van der Waals surface area contributed by atoms with E-state index in [2.05, 4.69) is 11.2 Å². The maximum atomic E-state index is 13.4. The Hall–Kier alpha value is -3.48. The van der Waals surface area contributed by atoms with Crippen molar-refractivity contribution in [3.63, 3.8) is 0 Å². The minimum atomic E-state index is -0.930. The van der Waals surface area contributed by atoms with E-state index in [4.69, 9.17) is 22.4 Å². The van der Waals surface area contributed by atoms with Gasteiger partial charge in [-0.25, -0.2) is 9.80 Å². The standard InChI is InChI=1S/C24H26ClN5O4/c1-3-11-28-16-21(31)29-20(30(28)24(33)26-13-18-8-5-4-6-9-18)15-27(14-19-10-7-12-34-19)23(32)22(29)17(2)25/h1,4-10,12,17,20,22H,11,13-16H2,2H3,(H,26,33)/t17?,20-,22-/m0/s1. The van der Waals surface area contributed by atoms with Gasteiger partial charge in [0, 0.05) is 6.54 Å². The minimum absolute atomic E-state index is 0.0576. The number of hydrogen-bond acceptors (Lipinski definition) is 5. The number of hydrazine groups is 1. The van der Waals surface area contributed by atoms with E-state index in [9.17, 15) is 14.4 Å². The second kappa shape index (κ2) is 10.2. The average molecular weight is 484 g/mol. The zero-order chi connectivity index (χ0) is 24.2. The predicted octanol–water partition coefficient (Wildman–Crippen LogP) is 1.85. The lowest BCUT2D eigenvalue weighted by Crippen LogP contribution is -2.77. The summed E-state index contributed by atoms with van der Waals surface area (Å²) in [5, 5.41) is 5.20. The van der Waals surface area contributed by atoms with E-state index < -0.39 is 23.6 Å². The van der Waals surface area contributed by atoms with Crippen LogP contribution in [0.4, 0.5) is 4.79 Å². The number of urea groups is 1. The van der Waals surface area contributed by atoms with Crippen molar-refractivity contribution < 1.29 is 18.8 Å². The number of halogens is 1. The van der Waals surface area contributed by atoms with Crippen molar-refractivity contribution in [2.75, 3.05) is 19.6 Å². The van der Waals surface area contributed by atoms with Gasteiger partial charge in [-0.2, -0.15) is 5.01 Å². The highest BCUT2D eigenvalue weighted by molar-refractivity contribution is 6.22. The Morgan fingerprint density at radius 1 is 1.26 bits per heavy atom. The van der Waals surface area contributed by atoms with Gasteiger partial charge in [0.15, 0.2) is 0 Å². The lowest BCUT2D eigenvalue weighted by atomic mass is 10.0. The summed E-state index contributed by atoms with van der Waals surface area (Å²) in [5.41, 5.74) is 0.926. The first-order valence-electron chi connectivity index (χ1n) is 11.0. The number of benzene rings is 1. The fraction of sp³-hybridized carbons (Fsp3) is 0.375. The summed E-state index contributed by atoms with van der Waals surface area (Å²) in [7, 11) is 0. The summed E-state index contributed by atoms with van der Waals surface area (Å²) in [5.74, 6) is 2.50. The van der Waals surface area contributed by atoms with Gasteiger partial charge in [-0.3, -0.25) is 9.59 Å². The number of furan rings is 1. The summed E-state index contributed by atoms with van der Waals surface area (Å²) < 4.78 is 5.42. The summed E-state index contributed by atoms with van der Waals surface area (Å²) in [6, 6.07) is 11.6. The molecule has 0 saturated carbocycles. The molecule has 178 valence electrons. The SMILES string of the molecule is C#CCN1CC(=O)N2[C@@H](C(C)Cl)C(=O)N(Cc3ccco3)C[C@@H]2N1C(=O)NCc1ccccc1. The van der Waals surface area contributed by atoms with Crippen LogP contribution in [0.1, 0.15) is 18.2 Å². The molecule has 2 saturated heterocycles. The Labute approximate surface area is 203 Å². The zero-order valence-electron chi connectivity index (χ0n) is 18.8. The quantitative estimate of drug-likeness (QED) is 0.500. The Balaban J connectivity index is 1.64. The molecule has 4 rings (SSSR count). The number of terminal acetylenes is 1. The van der Waals surface area contributed by atoms with Crippen LogP contribution in [0.3, 0.4) is 0 Å². The molecule has 2 aromatic rings. The van der Waals surface area contributed by atoms with Crippen molar-refractivity contribution in [3.05, 3.63) is 60.1 Å². The van der Waals surface area contributed by atoms with Gasteiger partial charge in [-0.1, -0.05) is 36.3 Å². The zero-order valence-corrected chi connectivity index (χ0v) is 19.5. The number of nitrogens with zero attached hydrogens (tertiary/aromatic N) is 4. The summed E-state index contributed by atoms with van der Waals surface area (Å²) in [6.45, 7) is 2.17. The van der Waals surface area contributed by atoms with Gasteiger partial charge in [0.25, 0.3) is 0 Å². The third-order valence-electron chi connectivity index (χ3n) is 5.89. The van der Waals surface area contributed by atoms with Crippen molar-refractivity contribution in [1.82, 2.24) is 25.1 Å². The number of carbonyl (C=O) groups is 3. The highest BCUT2D eigenvalue weighted by Gasteiger charge is 2.52. The van der Waals surface area contributed by atoms with E-state index in [1.54, 1.807) is 24.0 Å². The van der Waals surface area contributed by atoms with E-state index >= 15 is 0 Å². The Morgan fingerprint density at radius 2 is 2.03 bits per heavy atom. The predicted molar refractivity (Wildman–Crippen MR) is 125 cm³/mol. The van der Waals surface area contributed by atoms with Crippen LogP contribution in [-0.2, 0) is 22.7 Å². The van der Waals surface area contributed by atoms with Gasteiger partial charge in [0.1, 0.15) is 18.0 Å². The van der Waals surface area contributed by atoms with Crippen molar-refractivity contribution in [2.45, 2.75) is 37.6 Å². The van der Waals surface area contributed by atoms with E-state index in [1.807, 2.05) is 30.3 Å². The van der Waals surface area contributed by atoms with Gasteiger partial charge in [0.05, 0.1) is 37.8 Å². The number of nitrogens with one attached hydrogen (secondary N) is 1. The molecule has 0 bridgehead atoms. The second-order valence-electron chi connectivity index (χ2n) is 8.22. The molecule has 2 fully saturated rings. The van der Waals surface area contributed by atoms with Gasteiger partial charge in [-0.15, -0.1) is 18.0 Å². The molecule has 0 spiro atoms. The molecule has 1 unspecified atom stereocenters. The van der Waals surface area contributed by atoms with Gasteiger partial charge in [-0.05, 0) is 24.6 Å². The van der Waals surface area contributed by atoms with E-state index in [0.29, 0.717) is 12.3 Å². The largest absolute Gasteiger partial charge is 0.467 e. The van der Waals surface area contributed by atoms with Crippen molar-refractivity contribution in [3.8, 4) is 12.3 Å². The molecular formula is C24H26ClN5O4. The molecule has 9 nitrogen and oxygen atoms in total. The first kappa shape index (κ1) is 23.7.